The number of ether oxygens (including phenoxy) is 1. The lowest BCUT2D eigenvalue weighted by Gasteiger charge is -2.14. The Kier molecular flexibility index (Phi) is 6.29. The third kappa shape index (κ3) is 4.52. The third-order valence-corrected chi connectivity index (χ3v) is 3.11. The molecule has 0 aromatic heterocycles. The van der Waals surface area contributed by atoms with Crippen molar-refractivity contribution in [2.45, 2.75) is 25.2 Å². The molecule has 0 heterocycles. The molecule has 6 heteroatoms. The molecular formula is C13H16ClNO4. The van der Waals surface area contributed by atoms with Crippen LogP contribution >= 0.6 is 11.6 Å². The summed E-state index contributed by atoms with van der Waals surface area (Å²) in [5.74, 6) is -0.328. The zero-order chi connectivity index (χ0) is 14.3. The molecule has 0 aliphatic rings. The molecule has 0 bridgehead atoms. The van der Waals surface area contributed by atoms with E-state index in [1.54, 1.807) is 12.1 Å². The van der Waals surface area contributed by atoms with E-state index in [-0.39, 0.29) is 11.7 Å². The number of nitro groups is 1. The highest BCUT2D eigenvalue weighted by atomic mass is 35.5. The number of halogens is 1. The van der Waals surface area contributed by atoms with E-state index in [0.717, 1.165) is 12.8 Å². The van der Waals surface area contributed by atoms with Crippen LogP contribution < -0.4 is 0 Å². The lowest BCUT2D eigenvalue weighted by atomic mass is 9.93. The van der Waals surface area contributed by atoms with E-state index in [9.17, 15) is 14.9 Å². The number of non-ortho nitro benzene ring substituents is 1. The maximum Gasteiger partial charge on any atom is 0.313 e. The van der Waals surface area contributed by atoms with Gasteiger partial charge in [0.25, 0.3) is 5.69 Å². The first-order chi connectivity index (χ1) is 9.10. The molecule has 0 aliphatic carbocycles. The summed E-state index contributed by atoms with van der Waals surface area (Å²) in [6.45, 7) is 0. The highest BCUT2D eigenvalue weighted by Gasteiger charge is 2.22. The maximum absolute atomic E-state index is 11.8. The molecule has 0 amide bonds. The number of benzene rings is 1. The number of alkyl halides is 1. The number of rotatable bonds is 7. The molecule has 0 fully saturated rings. The molecule has 5 nitrogen and oxygen atoms in total. The van der Waals surface area contributed by atoms with Crippen LogP contribution in [0.1, 0.15) is 30.7 Å². The zero-order valence-electron chi connectivity index (χ0n) is 10.7. The van der Waals surface area contributed by atoms with Crippen molar-refractivity contribution in [2.75, 3.05) is 13.0 Å². The number of carbonyl (C=O) groups excluding carboxylic acids is 1. The lowest BCUT2D eigenvalue weighted by molar-refractivity contribution is -0.384. The molecule has 0 saturated carbocycles. The van der Waals surface area contributed by atoms with E-state index in [4.69, 9.17) is 16.3 Å². The molecule has 1 unspecified atom stereocenters. The summed E-state index contributed by atoms with van der Waals surface area (Å²) in [7, 11) is 1.31. The fourth-order valence-corrected chi connectivity index (χ4v) is 2.05. The molecule has 0 spiro atoms. The number of methoxy groups -OCH3 is 1. The van der Waals surface area contributed by atoms with Crippen LogP contribution in [0.5, 0.6) is 0 Å². The SMILES string of the molecule is COC(=O)C(CCCCCl)c1cccc([N+](=O)[O-])c1. The molecular weight excluding hydrogens is 270 g/mol. The zero-order valence-corrected chi connectivity index (χ0v) is 11.4. The van der Waals surface area contributed by atoms with Crippen molar-refractivity contribution in [1.29, 1.82) is 0 Å². The molecule has 1 atom stereocenters. The molecule has 1 aromatic carbocycles. The van der Waals surface area contributed by atoms with Crippen molar-refractivity contribution in [3.63, 3.8) is 0 Å². The lowest BCUT2D eigenvalue weighted by Crippen LogP contribution is -2.14. The Labute approximate surface area is 116 Å². The van der Waals surface area contributed by atoms with Crippen molar-refractivity contribution in [1.82, 2.24) is 0 Å². The van der Waals surface area contributed by atoms with Gasteiger partial charge in [0.05, 0.1) is 18.0 Å². The van der Waals surface area contributed by atoms with Gasteiger partial charge in [-0.05, 0) is 18.4 Å². The minimum absolute atomic E-state index is 0.0243. The van der Waals surface area contributed by atoms with Gasteiger partial charge in [-0.15, -0.1) is 11.6 Å². The monoisotopic (exact) mass is 285 g/mol. The Hall–Kier alpha value is -1.62. The Bertz CT molecular complexity index is 450. The molecule has 0 aliphatic heterocycles. The topological polar surface area (TPSA) is 69.4 Å². The third-order valence-electron chi connectivity index (χ3n) is 2.85. The largest absolute Gasteiger partial charge is 0.469 e. The van der Waals surface area contributed by atoms with Crippen LogP contribution in [0, 0.1) is 10.1 Å². The van der Waals surface area contributed by atoms with E-state index < -0.39 is 10.8 Å². The van der Waals surface area contributed by atoms with Crippen LogP contribution in [0.3, 0.4) is 0 Å². The number of esters is 1. The van der Waals surface area contributed by atoms with Crippen molar-refractivity contribution >= 4 is 23.3 Å². The van der Waals surface area contributed by atoms with E-state index in [2.05, 4.69) is 0 Å². The van der Waals surface area contributed by atoms with E-state index in [1.165, 1.54) is 19.2 Å². The summed E-state index contributed by atoms with van der Waals surface area (Å²) in [5.41, 5.74) is 0.583. The highest BCUT2D eigenvalue weighted by molar-refractivity contribution is 6.17. The van der Waals surface area contributed by atoms with Gasteiger partial charge in [-0.3, -0.25) is 14.9 Å². The molecule has 19 heavy (non-hydrogen) atoms. The summed E-state index contributed by atoms with van der Waals surface area (Å²) in [6.07, 6.45) is 2.14. The van der Waals surface area contributed by atoms with Crippen LogP contribution in [0.25, 0.3) is 0 Å². The summed E-state index contributed by atoms with van der Waals surface area (Å²) in [6, 6.07) is 6.10. The fourth-order valence-electron chi connectivity index (χ4n) is 1.86. The second kappa shape index (κ2) is 7.74. The summed E-state index contributed by atoms with van der Waals surface area (Å²) in [4.78, 5) is 22.0. The fraction of sp³-hybridized carbons (Fsp3) is 0.462. The number of carbonyl (C=O) groups is 1. The summed E-state index contributed by atoms with van der Waals surface area (Å²) in [5, 5.41) is 10.7. The quantitative estimate of drug-likeness (QED) is 0.253. The van der Waals surface area contributed by atoms with Crippen LogP contribution in [0.4, 0.5) is 5.69 Å². The number of hydrogen-bond donors (Lipinski definition) is 0. The maximum atomic E-state index is 11.8. The highest BCUT2D eigenvalue weighted by Crippen LogP contribution is 2.26. The average molecular weight is 286 g/mol. The van der Waals surface area contributed by atoms with Crippen LogP contribution in [0.2, 0.25) is 0 Å². The van der Waals surface area contributed by atoms with Gasteiger partial charge in [-0.2, -0.15) is 0 Å². The predicted molar refractivity (Wildman–Crippen MR) is 72.4 cm³/mol. The Morgan fingerprint density at radius 2 is 2.21 bits per heavy atom. The van der Waals surface area contributed by atoms with Gasteiger partial charge in [0, 0.05) is 18.0 Å². The molecule has 1 rings (SSSR count). The Morgan fingerprint density at radius 3 is 2.79 bits per heavy atom. The van der Waals surface area contributed by atoms with Gasteiger partial charge in [0.15, 0.2) is 0 Å². The smallest absolute Gasteiger partial charge is 0.313 e. The Balaban J connectivity index is 2.92. The molecule has 0 saturated heterocycles. The van der Waals surface area contributed by atoms with Crippen molar-refractivity contribution in [2.24, 2.45) is 0 Å². The van der Waals surface area contributed by atoms with Gasteiger partial charge in [-0.1, -0.05) is 18.6 Å². The minimum Gasteiger partial charge on any atom is -0.469 e. The molecule has 0 radical (unpaired) electrons. The first kappa shape index (κ1) is 15.4. The molecule has 104 valence electrons. The summed E-state index contributed by atoms with van der Waals surface area (Å²) < 4.78 is 4.76. The van der Waals surface area contributed by atoms with Gasteiger partial charge in [0.1, 0.15) is 0 Å². The minimum atomic E-state index is -0.479. The normalized spacial score (nSPS) is 11.9. The van der Waals surface area contributed by atoms with Gasteiger partial charge >= 0.3 is 5.97 Å². The van der Waals surface area contributed by atoms with Crippen LogP contribution in [-0.4, -0.2) is 23.9 Å². The first-order valence-corrected chi connectivity index (χ1v) is 6.51. The van der Waals surface area contributed by atoms with Crippen molar-refractivity contribution in [3.8, 4) is 0 Å². The van der Waals surface area contributed by atoms with E-state index in [1.807, 2.05) is 0 Å². The van der Waals surface area contributed by atoms with Gasteiger partial charge in [0.2, 0.25) is 0 Å². The number of hydrogen-bond acceptors (Lipinski definition) is 4. The van der Waals surface area contributed by atoms with Gasteiger partial charge < -0.3 is 4.74 Å². The first-order valence-electron chi connectivity index (χ1n) is 5.98. The number of nitro benzene ring substituents is 1. The second-order valence-electron chi connectivity index (χ2n) is 4.11. The molecule has 1 aromatic rings. The average Bonchev–Trinajstić information content (AvgIpc) is 2.43. The van der Waals surface area contributed by atoms with Crippen LogP contribution in [0.15, 0.2) is 24.3 Å². The second-order valence-corrected chi connectivity index (χ2v) is 4.49. The van der Waals surface area contributed by atoms with Crippen LogP contribution in [-0.2, 0) is 9.53 Å². The van der Waals surface area contributed by atoms with Crippen molar-refractivity contribution < 1.29 is 14.5 Å². The Morgan fingerprint density at radius 1 is 1.47 bits per heavy atom. The van der Waals surface area contributed by atoms with Crippen molar-refractivity contribution in [3.05, 3.63) is 39.9 Å². The van der Waals surface area contributed by atoms with Gasteiger partial charge in [-0.25, -0.2) is 0 Å². The van der Waals surface area contributed by atoms with E-state index in [0.29, 0.717) is 17.9 Å². The van der Waals surface area contributed by atoms with E-state index >= 15 is 0 Å². The summed E-state index contributed by atoms with van der Waals surface area (Å²) >= 11 is 5.61. The number of unbranched alkanes of at least 4 members (excludes halogenated alkanes) is 1. The standard InChI is InChI=1S/C13H16ClNO4/c1-19-13(16)12(7-2-3-8-14)10-5-4-6-11(9-10)15(17)18/h4-6,9,12H,2-3,7-8H2,1H3. The molecule has 0 N–H and O–H groups in total. The number of nitrogens with zero attached hydrogens (tertiary/aromatic N) is 1. The predicted octanol–water partition coefficient (Wildman–Crippen LogP) is 3.26.